The van der Waals surface area contributed by atoms with Gasteiger partial charge in [0.1, 0.15) is 11.6 Å². The zero-order valence-electron chi connectivity index (χ0n) is 17.0. The Bertz CT molecular complexity index is 1200. The van der Waals surface area contributed by atoms with Crippen LogP contribution in [0.4, 0.5) is 5.82 Å². The molecule has 1 N–H and O–H groups in total. The van der Waals surface area contributed by atoms with Crippen molar-refractivity contribution in [3.63, 3.8) is 0 Å². The second-order valence-corrected chi connectivity index (χ2v) is 7.88. The highest BCUT2D eigenvalue weighted by atomic mass is 32.1. The molecule has 7 heteroatoms. The summed E-state index contributed by atoms with van der Waals surface area (Å²) >= 11 is 1.47. The van der Waals surface area contributed by atoms with E-state index in [-0.39, 0.29) is 5.91 Å². The number of carbonyl (C=O) groups excluding carboxylic acids is 1. The normalized spacial score (nSPS) is 10.8. The fourth-order valence-corrected chi connectivity index (χ4v) is 4.00. The zero-order chi connectivity index (χ0) is 21.1. The van der Waals surface area contributed by atoms with Crippen molar-refractivity contribution in [1.82, 2.24) is 14.8 Å². The van der Waals surface area contributed by atoms with Crippen molar-refractivity contribution >= 4 is 23.1 Å². The zero-order valence-corrected chi connectivity index (χ0v) is 17.9. The van der Waals surface area contributed by atoms with Crippen LogP contribution in [0.3, 0.4) is 0 Å². The third kappa shape index (κ3) is 4.41. The van der Waals surface area contributed by atoms with Gasteiger partial charge in [-0.05, 0) is 31.5 Å². The van der Waals surface area contributed by atoms with Crippen LogP contribution in [0.5, 0.6) is 5.75 Å². The first-order chi connectivity index (χ1) is 14.5. The quantitative estimate of drug-likeness (QED) is 0.488. The van der Waals surface area contributed by atoms with E-state index < -0.39 is 0 Å². The number of carbonyl (C=O) groups is 1. The van der Waals surface area contributed by atoms with Crippen LogP contribution >= 0.6 is 11.3 Å². The number of aromatic nitrogens is 3. The Morgan fingerprint density at radius 2 is 1.97 bits per heavy atom. The van der Waals surface area contributed by atoms with Crippen molar-refractivity contribution in [2.75, 3.05) is 12.4 Å². The van der Waals surface area contributed by atoms with E-state index in [1.54, 1.807) is 11.8 Å². The van der Waals surface area contributed by atoms with Crippen molar-refractivity contribution in [3.05, 3.63) is 76.8 Å². The number of nitrogens with one attached hydrogen (secondary N) is 1. The number of aryl methyl sites for hydroxylation is 2. The fraction of sp³-hybridized carbons (Fsp3) is 0.174. The molecule has 4 aromatic rings. The van der Waals surface area contributed by atoms with E-state index in [9.17, 15) is 4.79 Å². The van der Waals surface area contributed by atoms with Crippen LogP contribution in [0, 0.1) is 13.8 Å². The molecule has 6 nitrogen and oxygen atoms in total. The maximum absolute atomic E-state index is 12.6. The lowest BCUT2D eigenvalue weighted by atomic mass is 10.1. The Labute approximate surface area is 179 Å². The van der Waals surface area contributed by atoms with Gasteiger partial charge in [-0.1, -0.05) is 42.0 Å². The van der Waals surface area contributed by atoms with Gasteiger partial charge in [0.15, 0.2) is 0 Å². The van der Waals surface area contributed by atoms with Gasteiger partial charge in [-0.15, -0.1) is 11.3 Å². The number of benzene rings is 2. The molecular formula is C23H22N4O2S. The Balaban J connectivity index is 1.56. The molecule has 0 atom stereocenters. The summed E-state index contributed by atoms with van der Waals surface area (Å²) in [4.78, 5) is 17.3. The molecule has 4 rings (SSSR count). The fourth-order valence-electron chi connectivity index (χ4n) is 3.21. The molecule has 2 aromatic carbocycles. The first kappa shape index (κ1) is 19.8. The molecule has 0 bridgehead atoms. The number of anilines is 1. The molecule has 0 unspecified atom stereocenters. The summed E-state index contributed by atoms with van der Waals surface area (Å²) < 4.78 is 6.98. The lowest BCUT2D eigenvalue weighted by Gasteiger charge is -2.07. The first-order valence-electron chi connectivity index (χ1n) is 9.54. The molecule has 0 aliphatic carbocycles. The molecular weight excluding hydrogens is 396 g/mol. The number of thiazole rings is 1. The van der Waals surface area contributed by atoms with Crippen LogP contribution in [-0.4, -0.2) is 27.8 Å². The van der Waals surface area contributed by atoms with E-state index in [0.29, 0.717) is 17.4 Å². The molecule has 1 amide bonds. The van der Waals surface area contributed by atoms with Crippen LogP contribution in [0.15, 0.2) is 60.0 Å². The lowest BCUT2D eigenvalue weighted by Crippen LogP contribution is -2.17. The number of ether oxygens (including phenoxy) is 1. The Morgan fingerprint density at radius 1 is 1.13 bits per heavy atom. The van der Waals surface area contributed by atoms with Crippen LogP contribution in [-0.2, 0) is 11.2 Å². The molecule has 30 heavy (non-hydrogen) atoms. The molecule has 2 aromatic heterocycles. The van der Waals surface area contributed by atoms with E-state index in [1.165, 1.54) is 11.3 Å². The van der Waals surface area contributed by atoms with Crippen LogP contribution in [0.1, 0.15) is 16.8 Å². The van der Waals surface area contributed by atoms with Gasteiger partial charge < -0.3 is 10.1 Å². The molecule has 0 fully saturated rings. The molecule has 0 aliphatic heterocycles. The standard InChI is InChI=1S/C23H22N4O2S/c1-15-6-4-7-17(10-15)12-22(28)25-21-11-16(2)26-27(21)23-24-20(14-30-23)18-8-5-9-19(13-18)29-3/h4-11,13-14H,12H2,1-3H3,(H,25,28). The van der Waals surface area contributed by atoms with Gasteiger partial charge in [0.25, 0.3) is 0 Å². The van der Waals surface area contributed by atoms with Crippen molar-refractivity contribution in [2.24, 2.45) is 0 Å². The summed E-state index contributed by atoms with van der Waals surface area (Å²) in [6.07, 6.45) is 0.304. The van der Waals surface area contributed by atoms with E-state index >= 15 is 0 Å². The highest BCUT2D eigenvalue weighted by molar-refractivity contribution is 7.12. The molecule has 0 aliphatic rings. The Hall–Kier alpha value is -3.45. The minimum absolute atomic E-state index is 0.0914. The number of methoxy groups -OCH3 is 1. The van der Waals surface area contributed by atoms with Gasteiger partial charge in [-0.3, -0.25) is 4.79 Å². The van der Waals surface area contributed by atoms with E-state index in [4.69, 9.17) is 9.72 Å². The topological polar surface area (TPSA) is 69.0 Å². The Morgan fingerprint density at radius 3 is 2.77 bits per heavy atom. The molecule has 152 valence electrons. The second kappa shape index (κ2) is 8.51. The third-order valence-electron chi connectivity index (χ3n) is 4.58. The van der Waals surface area contributed by atoms with Gasteiger partial charge in [0.2, 0.25) is 11.0 Å². The minimum atomic E-state index is -0.0914. The summed E-state index contributed by atoms with van der Waals surface area (Å²) in [6, 6.07) is 17.6. The second-order valence-electron chi connectivity index (χ2n) is 7.04. The molecule has 0 saturated carbocycles. The third-order valence-corrected chi connectivity index (χ3v) is 5.40. The molecule has 0 radical (unpaired) electrons. The van der Waals surface area contributed by atoms with Gasteiger partial charge in [-0.25, -0.2) is 4.98 Å². The highest BCUT2D eigenvalue weighted by Crippen LogP contribution is 2.28. The number of amides is 1. The predicted molar refractivity (Wildman–Crippen MR) is 119 cm³/mol. The van der Waals surface area contributed by atoms with E-state index in [1.807, 2.05) is 73.8 Å². The lowest BCUT2D eigenvalue weighted by molar-refractivity contribution is -0.115. The summed E-state index contributed by atoms with van der Waals surface area (Å²) in [7, 11) is 1.64. The van der Waals surface area contributed by atoms with Crippen molar-refractivity contribution in [1.29, 1.82) is 0 Å². The monoisotopic (exact) mass is 418 g/mol. The van der Waals surface area contributed by atoms with Crippen molar-refractivity contribution < 1.29 is 9.53 Å². The van der Waals surface area contributed by atoms with Crippen LogP contribution in [0.2, 0.25) is 0 Å². The summed E-state index contributed by atoms with van der Waals surface area (Å²) in [6.45, 7) is 3.91. The summed E-state index contributed by atoms with van der Waals surface area (Å²) in [5.74, 6) is 1.30. The Kier molecular flexibility index (Phi) is 5.63. The van der Waals surface area contributed by atoms with Crippen LogP contribution in [0.25, 0.3) is 16.4 Å². The molecule has 0 spiro atoms. The van der Waals surface area contributed by atoms with Gasteiger partial charge in [0, 0.05) is 17.0 Å². The average molecular weight is 419 g/mol. The average Bonchev–Trinajstić information content (AvgIpc) is 3.34. The summed E-state index contributed by atoms with van der Waals surface area (Å²) in [5.41, 5.74) is 4.71. The maximum atomic E-state index is 12.6. The SMILES string of the molecule is COc1cccc(-c2csc(-n3nc(C)cc3NC(=O)Cc3cccc(C)c3)n2)c1. The van der Waals surface area contributed by atoms with Crippen molar-refractivity contribution in [2.45, 2.75) is 20.3 Å². The highest BCUT2D eigenvalue weighted by Gasteiger charge is 2.15. The van der Waals surface area contributed by atoms with Gasteiger partial charge >= 0.3 is 0 Å². The van der Waals surface area contributed by atoms with E-state index in [0.717, 1.165) is 33.8 Å². The number of rotatable bonds is 6. The number of hydrogen-bond acceptors (Lipinski definition) is 5. The molecule has 0 saturated heterocycles. The minimum Gasteiger partial charge on any atom is -0.497 e. The first-order valence-corrected chi connectivity index (χ1v) is 10.4. The summed E-state index contributed by atoms with van der Waals surface area (Å²) in [5, 5.41) is 10.2. The van der Waals surface area contributed by atoms with Crippen molar-refractivity contribution in [3.8, 4) is 22.1 Å². The van der Waals surface area contributed by atoms with Gasteiger partial charge in [0.05, 0.1) is 24.9 Å². The van der Waals surface area contributed by atoms with Gasteiger partial charge in [-0.2, -0.15) is 9.78 Å². The number of nitrogens with zero attached hydrogens (tertiary/aromatic N) is 3. The molecule has 2 heterocycles. The van der Waals surface area contributed by atoms with Crippen LogP contribution < -0.4 is 10.1 Å². The predicted octanol–water partition coefficient (Wildman–Crippen LogP) is 4.80. The smallest absolute Gasteiger partial charge is 0.229 e. The number of hydrogen-bond donors (Lipinski definition) is 1. The maximum Gasteiger partial charge on any atom is 0.229 e. The van der Waals surface area contributed by atoms with E-state index in [2.05, 4.69) is 10.4 Å². The largest absolute Gasteiger partial charge is 0.497 e.